The van der Waals surface area contributed by atoms with Crippen LogP contribution in [0.3, 0.4) is 0 Å². The molecule has 110 valence electrons. The van der Waals surface area contributed by atoms with E-state index in [-0.39, 0.29) is 24.5 Å². The van der Waals surface area contributed by atoms with Crippen molar-refractivity contribution >= 4 is 11.9 Å². The first-order valence-electron chi connectivity index (χ1n) is 6.90. The zero-order valence-electron chi connectivity index (χ0n) is 12.9. The summed E-state index contributed by atoms with van der Waals surface area (Å²) >= 11 is 0. The van der Waals surface area contributed by atoms with Gasteiger partial charge >= 0.3 is 5.97 Å². The highest BCUT2D eigenvalue weighted by atomic mass is 16.5. The summed E-state index contributed by atoms with van der Waals surface area (Å²) < 4.78 is 4.93. The third-order valence-corrected chi connectivity index (χ3v) is 3.10. The van der Waals surface area contributed by atoms with E-state index in [0.717, 1.165) is 11.1 Å². The predicted molar refractivity (Wildman–Crippen MR) is 78.7 cm³/mol. The molecule has 0 heterocycles. The van der Waals surface area contributed by atoms with Gasteiger partial charge in [0, 0.05) is 11.6 Å². The van der Waals surface area contributed by atoms with Gasteiger partial charge in [0.15, 0.2) is 0 Å². The first-order valence-corrected chi connectivity index (χ1v) is 6.90. The molecule has 1 amide bonds. The highest BCUT2D eigenvalue weighted by molar-refractivity contribution is 5.97. The SMILES string of the molecule is CCOC(=O)CN(C(=O)c1ccc(C)cc1C)C(C)C. The van der Waals surface area contributed by atoms with Crippen molar-refractivity contribution in [2.24, 2.45) is 0 Å². The Morgan fingerprint density at radius 2 is 1.90 bits per heavy atom. The number of nitrogens with zero attached hydrogens (tertiary/aromatic N) is 1. The number of rotatable bonds is 5. The molecular formula is C16H23NO3. The van der Waals surface area contributed by atoms with E-state index < -0.39 is 0 Å². The van der Waals surface area contributed by atoms with Crippen LogP contribution in [0.4, 0.5) is 0 Å². The molecule has 1 aromatic carbocycles. The molecule has 0 bridgehead atoms. The first kappa shape index (κ1) is 16.2. The van der Waals surface area contributed by atoms with Gasteiger partial charge in [-0.3, -0.25) is 9.59 Å². The largest absolute Gasteiger partial charge is 0.465 e. The molecule has 4 heteroatoms. The van der Waals surface area contributed by atoms with Crippen molar-refractivity contribution in [1.82, 2.24) is 4.90 Å². The van der Waals surface area contributed by atoms with Crippen LogP contribution in [0.25, 0.3) is 0 Å². The van der Waals surface area contributed by atoms with Crippen LogP contribution in [0.2, 0.25) is 0 Å². The van der Waals surface area contributed by atoms with E-state index in [1.165, 1.54) is 4.90 Å². The molecule has 20 heavy (non-hydrogen) atoms. The number of carbonyl (C=O) groups is 2. The first-order chi connectivity index (χ1) is 9.36. The number of esters is 1. The van der Waals surface area contributed by atoms with Crippen molar-refractivity contribution in [2.75, 3.05) is 13.2 Å². The van der Waals surface area contributed by atoms with E-state index in [4.69, 9.17) is 4.74 Å². The minimum Gasteiger partial charge on any atom is -0.465 e. The average Bonchev–Trinajstić information content (AvgIpc) is 2.35. The summed E-state index contributed by atoms with van der Waals surface area (Å²) in [7, 11) is 0. The summed E-state index contributed by atoms with van der Waals surface area (Å²) in [4.78, 5) is 25.7. The number of hydrogen-bond donors (Lipinski definition) is 0. The smallest absolute Gasteiger partial charge is 0.325 e. The summed E-state index contributed by atoms with van der Waals surface area (Å²) in [6, 6.07) is 5.62. The number of amides is 1. The minimum atomic E-state index is -0.376. The number of benzene rings is 1. The van der Waals surface area contributed by atoms with Crippen molar-refractivity contribution in [3.05, 3.63) is 34.9 Å². The van der Waals surface area contributed by atoms with Crippen LogP contribution >= 0.6 is 0 Å². The van der Waals surface area contributed by atoms with Crippen molar-refractivity contribution < 1.29 is 14.3 Å². The van der Waals surface area contributed by atoms with Crippen LogP contribution in [0.1, 0.15) is 42.3 Å². The summed E-state index contributed by atoms with van der Waals surface area (Å²) in [6.07, 6.45) is 0. The quantitative estimate of drug-likeness (QED) is 0.777. The van der Waals surface area contributed by atoms with Crippen LogP contribution in [-0.4, -0.2) is 36.0 Å². The van der Waals surface area contributed by atoms with Gasteiger partial charge in [0.05, 0.1) is 6.61 Å². The van der Waals surface area contributed by atoms with E-state index in [2.05, 4.69) is 0 Å². The summed E-state index contributed by atoms with van der Waals surface area (Å²) in [5.41, 5.74) is 2.67. The summed E-state index contributed by atoms with van der Waals surface area (Å²) in [6.45, 7) is 9.73. The third kappa shape index (κ3) is 4.08. The Morgan fingerprint density at radius 1 is 1.25 bits per heavy atom. The zero-order chi connectivity index (χ0) is 15.3. The molecular weight excluding hydrogens is 254 g/mol. The number of ether oxygens (including phenoxy) is 1. The second-order valence-corrected chi connectivity index (χ2v) is 5.15. The highest BCUT2D eigenvalue weighted by Crippen LogP contribution is 2.15. The molecule has 0 radical (unpaired) electrons. The number of aryl methyl sites for hydroxylation is 2. The lowest BCUT2D eigenvalue weighted by Gasteiger charge is -2.26. The average molecular weight is 277 g/mol. The van der Waals surface area contributed by atoms with Crippen LogP contribution in [-0.2, 0) is 9.53 Å². The zero-order valence-corrected chi connectivity index (χ0v) is 12.9. The van der Waals surface area contributed by atoms with Crippen LogP contribution in [0.15, 0.2) is 18.2 Å². The van der Waals surface area contributed by atoms with Gasteiger partial charge in [-0.05, 0) is 46.2 Å². The van der Waals surface area contributed by atoms with E-state index >= 15 is 0 Å². The van der Waals surface area contributed by atoms with Crippen LogP contribution in [0, 0.1) is 13.8 Å². The molecule has 0 atom stereocenters. The monoisotopic (exact) mass is 277 g/mol. The Hall–Kier alpha value is -1.84. The maximum atomic E-state index is 12.6. The Bertz CT molecular complexity index is 494. The Kier molecular flexibility index (Phi) is 5.74. The number of hydrogen-bond acceptors (Lipinski definition) is 3. The molecule has 1 aromatic rings. The topological polar surface area (TPSA) is 46.6 Å². The van der Waals surface area contributed by atoms with Crippen molar-refractivity contribution in [2.45, 2.75) is 40.7 Å². The molecule has 1 rings (SSSR count). The third-order valence-electron chi connectivity index (χ3n) is 3.10. The van der Waals surface area contributed by atoms with Gasteiger partial charge in [0.2, 0.25) is 0 Å². The predicted octanol–water partition coefficient (Wildman–Crippen LogP) is 2.72. The molecule has 0 fully saturated rings. The number of carbonyl (C=O) groups excluding carboxylic acids is 2. The standard InChI is InChI=1S/C16H23NO3/c1-6-20-15(18)10-17(11(2)3)16(19)14-8-7-12(4)9-13(14)5/h7-9,11H,6,10H2,1-5H3. The molecule has 0 spiro atoms. The van der Waals surface area contributed by atoms with E-state index in [0.29, 0.717) is 12.2 Å². The molecule has 0 unspecified atom stereocenters. The van der Waals surface area contributed by atoms with Crippen molar-refractivity contribution in [3.63, 3.8) is 0 Å². The van der Waals surface area contributed by atoms with Crippen molar-refractivity contribution in [1.29, 1.82) is 0 Å². The maximum Gasteiger partial charge on any atom is 0.325 e. The molecule has 0 aliphatic heterocycles. The Balaban J connectivity index is 2.96. The summed E-state index contributed by atoms with van der Waals surface area (Å²) in [5, 5.41) is 0. The van der Waals surface area contributed by atoms with E-state index in [9.17, 15) is 9.59 Å². The van der Waals surface area contributed by atoms with Gasteiger partial charge in [-0.2, -0.15) is 0 Å². The van der Waals surface area contributed by atoms with Crippen molar-refractivity contribution in [3.8, 4) is 0 Å². The molecule has 0 N–H and O–H groups in total. The lowest BCUT2D eigenvalue weighted by atomic mass is 10.0. The van der Waals surface area contributed by atoms with Gasteiger partial charge in [0.25, 0.3) is 5.91 Å². The fourth-order valence-corrected chi connectivity index (χ4v) is 2.04. The van der Waals surface area contributed by atoms with E-state index in [1.54, 1.807) is 6.92 Å². The maximum absolute atomic E-state index is 12.6. The lowest BCUT2D eigenvalue weighted by Crippen LogP contribution is -2.41. The molecule has 4 nitrogen and oxygen atoms in total. The fraction of sp³-hybridized carbons (Fsp3) is 0.500. The Labute approximate surface area is 120 Å². The van der Waals surface area contributed by atoms with Gasteiger partial charge in [0.1, 0.15) is 6.54 Å². The van der Waals surface area contributed by atoms with Crippen LogP contribution in [0.5, 0.6) is 0 Å². The van der Waals surface area contributed by atoms with E-state index in [1.807, 2.05) is 45.9 Å². The molecule has 0 aliphatic carbocycles. The molecule has 0 saturated carbocycles. The van der Waals surface area contributed by atoms with Gasteiger partial charge < -0.3 is 9.64 Å². The van der Waals surface area contributed by atoms with Gasteiger partial charge in [-0.25, -0.2) is 0 Å². The minimum absolute atomic E-state index is 0.0162. The van der Waals surface area contributed by atoms with Gasteiger partial charge in [-0.1, -0.05) is 17.7 Å². The van der Waals surface area contributed by atoms with Crippen LogP contribution < -0.4 is 0 Å². The second kappa shape index (κ2) is 7.08. The lowest BCUT2D eigenvalue weighted by molar-refractivity contribution is -0.144. The van der Waals surface area contributed by atoms with Gasteiger partial charge in [-0.15, -0.1) is 0 Å². The summed E-state index contributed by atoms with van der Waals surface area (Å²) in [5.74, 6) is -0.509. The second-order valence-electron chi connectivity index (χ2n) is 5.15. The molecule has 0 aliphatic rings. The molecule has 0 saturated heterocycles. The highest BCUT2D eigenvalue weighted by Gasteiger charge is 2.23. The Morgan fingerprint density at radius 3 is 2.40 bits per heavy atom. The fourth-order valence-electron chi connectivity index (χ4n) is 2.04. The molecule has 0 aromatic heterocycles. The normalized spacial score (nSPS) is 10.5.